The minimum absolute atomic E-state index is 0.122. The second-order valence-electron chi connectivity index (χ2n) is 12.6. The Morgan fingerprint density at radius 2 is 1.23 bits per heavy atom. The van der Waals surface area contributed by atoms with Gasteiger partial charge in [0, 0.05) is 17.7 Å². The number of fused-ring (bicyclic) bond motifs is 1. The zero-order valence-corrected chi connectivity index (χ0v) is 27.2. The molecule has 0 radical (unpaired) electrons. The van der Waals surface area contributed by atoms with Gasteiger partial charge in [-0.05, 0) is 18.2 Å². The van der Waals surface area contributed by atoms with Gasteiger partial charge in [-0.15, -0.1) is 0 Å². The van der Waals surface area contributed by atoms with E-state index in [4.69, 9.17) is 32.8 Å². The van der Waals surface area contributed by atoms with Crippen LogP contribution in [0.15, 0.2) is 39.5 Å². The van der Waals surface area contributed by atoms with E-state index in [1.165, 1.54) is 0 Å². The summed E-state index contributed by atoms with van der Waals surface area (Å²) < 4.78 is 39.9. The van der Waals surface area contributed by atoms with E-state index in [-0.39, 0.29) is 22.6 Å². The van der Waals surface area contributed by atoms with Crippen molar-refractivity contribution in [2.24, 2.45) is 0 Å². The van der Waals surface area contributed by atoms with Crippen molar-refractivity contribution < 1.29 is 99.2 Å². The molecule has 4 aliphatic heterocycles. The maximum absolute atomic E-state index is 12.8. The summed E-state index contributed by atoms with van der Waals surface area (Å²) >= 11 is 0. The molecule has 3 saturated heterocycles. The summed E-state index contributed by atoms with van der Waals surface area (Å²) in [5.41, 5.74) is -1.05. The van der Waals surface area contributed by atoms with Gasteiger partial charge in [0.1, 0.15) is 72.5 Å². The number of ether oxygens (including phenoxy) is 6. The highest BCUT2D eigenvalue weighted by Gasteiger charge is 2.50. The van der Waals surface area contributed by atoms with Gasteiger partial charge in [0.15, 0.2) is 46.6 Å². The predicted molar refractivity (Wildman–Crippen MR) is 167 cm³/mol. The summed E-state index contributed by atoms with van der Waals surface area (Å²) in [6, 6.07) is 4.92. The molecule has 292 valence electrons. The van der Waals surface area contributed by atoms with Gasteiger partial charge in [0.05, 0.1) is 25.4 Å². The molecular formula is C32H38O21. The highest BCUT2D eigenvalue weighted by atomic mass is 16.8. The van der Waals surface area contributed by atoms with Crippen molar-refractivity contribution in [3.8, 4) is 51.4 Å². The molecule has 6 rings (SSSR count). The Hall–Kier alpha value is -3.91. The van der Waals surface area contributed by atoms with Gasteiger partial charge in [-0.3, -0.25) is 4.79 Å². The average Bonchev–Trinajstić information content (AvgIpc) is 3.13. The Kier molecular flexibility index (Phi) is 11.3. The van der Waals surface area contributed by atoms with Gasteiger partial charge < -0.3 is 99.2 Å². The van der Waals surface area contributed by atoms with Crippen LogP contribution in [0.1, 0.15) is 0 Å². The number of benzene rings is 2. The van der Waals surface area contributed by atoms with Gasteiger partial charge in [0.2, 0.25) is 12.6 Å². The molecule has 0 amide bonds. The summed E-state index contributed by atoms with van der Waals surface area (Å²) in [7, 11) is 0. The van der Waals surface area contributed by atoms with Crippen LogP contribution in [0.4, 0.5) is 0 Å². The van der Waals surface area contributed by atoms with Crippen LogP contribution in [0.2, 0.25) is 0 Å². The van der Waals surface area contributed by atoms with E-state index in [2.05, 4.69) is 0 Å². The number of hydrogen-bond donors (Lipinski definition) is 13. The first-order valence-electron chi connectivity index (χ1n) is 16.1. The lowest BCUT2D eigenvalue weighted by atomic mass is 9.98. The van der Waals surface area contributed by atoms with E-state index in [1.54, 1.807) is 0 Å². The summed E-state index contributed by atoms with van der Waals surface area (Å²) in [4.78, 5) is 12.8. The second kappa shape index (κ2) is 15.4. The fourth-order valence-corrected chi connectivity index (χ4v) is 6.05. The Balaban J connectivity index is 1.46. The zero-order chi connectivity index (χ0) is 38.5. The molecule has 21 heteroatoms. The lowest BCUT2D eigenvalue weighted by Gasteiger charge is -2.44. The third kappa shape index (κ3) is 7.45. The lowest BCUT2D eigenvalue weighted by molar-refractivity contribution is -0.344. The third-order valence-electron chi connectivity index (χ3n) is 9.03. The second-order valence-corrected chi connectivity index (χ2v) is 12.6. The molecule has 53 heavy (non-hydrogen) atoms. The van der Waals surface area contributed by atoms with Gasteiger partial charge >= 0.3 is 0 Å². The number of aliphatic hydroxyl groups excluding tert-OH is 10. The number of phenolic OH excluding ortho intramolecular Hbond substituents is 3. The van der Waals surface area contributed by atoms with Crippen molar-refractivity contribution in [1.82, 2.24) is 0 Å². The molecule has 1 aromatic carbocycles. The Morgan fingerprint density at radius 3 is 1.87 bits per heavy atom. The molecule has 1 aromatic rings. The summed E-state index contributed by atoms with van der Waals surface area (Å²) in [6.45, 7) is -2.17. The normalized spacial score (nSPS) is 36.3. The number of aliphatic hydroxyl groups is 10. The molecule has 0 unspecified atom stereocenters. The van der Waals surface area contributed by atoms with E-state index in [0.29, 0.717) is 0 Å². The Labute approximate surface area is 297 Å². The van der Waals surface area contributed by atoms with Gasteiger partial charge in [0.25, 0.3) is 0 Å². The molecule has 14 atom stereocenters. The van der Waals surface area contributed by atoms with E-state index in [1.807, 2.05) is 0 Å². The number of aromatic hydroxyl groups is 3. The predicted octanol–water partition coefficient (Wildman–Crippen LogP) is -4.65. The average molecular weight is 759 g/mol. The molecule has 3 fully saturated rings. The molecule has 0 spiro atoms. The topological polar surface area (TPSA) is 349 Å². The van der Waals surface area contributed by atoms with Crippen molar-refractivity contribution in [3.63, 3.8) is 0 Å². The van der Waals surface area contributed by atoms with Gasteiger partial charge in [-0.1, -0.05) is 0 Å². The van der Waals surface area contributed by atoms with Crippen LogP contribution >= 0.6 is 0 Å². The maximum Gasteiger partial charge on any atom is 0.229 e. The molecular weight excluding hydrogens is 720 g/mol. The first kappa shape index (κ1) is 38.8. The van der Waals surface area contributed by atoms with Crippen LogP contribution in [0.5, 0.6) is 28.7 Å². The molecule has 1 aliphatic carbocycles. The van der Waals surface area contributed by atoms with Crippen molar-refractivity contribution in [1.29, 1.82) is 0 Å². The van der Waals surface area contributed by atoms with Crippen molar-refractivity contribution in [2.45, 2.75) is 86.0 Å². The summed E-state index contributed by atoms with van der Waals surface area (Å²) in [5, 5.41) is 133. The van der Waals surface area contributed by atoms with E-state index in [0.717, 1.165) is 30.3 Å². The molecule has 0 bridgehead atoms. The standard InChI is InChI=1S/C32H38O21/c33-6-18-22(41)24(43)27(46)31(51-18)49-16-4-10(35)3-15-11(16)5-17(28(48-15)9-1-12(36)20(39)13(37)2-9)50-32-29(25(44)23(42)19(7-34)52-32)53-30-26(45)21(40)14(38)8-47-30/h1-5,14,18-19,21-27,29-34,36-46H,6-8H2/t14-,18-,19-,21+,22-,23-,24+,25+,26-,27-,29-,30+,31-,32-/m1/s1. The van der Waals surface area contributed by atoms with Crippen LogP contribution in [0, 0.1) is 0 Å². The molecule has 21 nitrogen and oxygen atoms in total. The minimum Gasteiger partial charge on any atom is -0.504 e. The quantitative estimate of drug-likeness (QED) is 0.0912. The highest BCUT2D eigenvalue weighted by molar-refractivity contribution is 5.77. The Morgan fingerprint density at radius 1 is 0.642 bits per heavy atom. The van der Waals surface area contributed by atoms with Crippen LogP contribution in [-0.4, -0.2) is 172 Å². The lowest BCUT2D eigenvalue weighted by Crippen LogP contribution is -2.63. The van der Waals surface area contributed by atoms with Crippen LogP contribution < -0.4 is 14.9 Å². The monoisotopic (exact) mass is 758 g/mol. The van der Waals surface area contributed by atoms with E-state index >= 15 is 0 Å². The molecule has 5 aliphatic rings. The fourth-order valence-electron chi connectivity index (χ4n) is 6.05. The first-order valence-corrected chi connectivity index (χ1v) is 16.1. The number of rotatable bonds is 9. The van der Waals surface area contributed by atoms with Crippen molar-refractivity contribution in [3.05, 3.63) is 40.6 Å². The third-order valence-corrected chi connectivity index (χ3v) is 9.03. The fraction of sp³-hybridized carbons (Fsp3) is 0.531. The minimum atomic E-state index is -1.94. The summed E-state index contributed by atoms with van der Waals surface area (Å²) in [5.74, 6) is -4.03. The maximum atomic E-state index is 12.8. The van der Waals surface area contributed by atoms with E-state index in [9.17, 15) is 71.2 Å². The van der Waals surface area contributed by atoms with Gasteiger partial charge in [-0.25, -0.2) is 0 Å². The Bertz CT molecular complexity index is 1740. The summed E-state index contributed by atoms with van der Waals surface area (Å²) in [6.07, 6.45) is -24.5. The largest absolute Gasteiger partial charge is 0.504 e. The molecule has 0 aromatic heterocycles. The van der Waals surface area contributed by atoms with Crippen LogP contribution in [0.25, 0.3) is 22.6 Å². The highest BCUT2D eigenvalue weighted by Crippen LogP contribution is 2.46. The van der Waals surface area contributed by atoms with Crippen molar-refractivity contribution >= 4 is 0 Å². The number of phenols is 3. The zero-order valence-electron chi connectivity index (χ0n) is 27.2. The van der Waals surface area contributed by atoms with E-state index < -0.39 is 140 Å². The first-order chi connectivity index (χ1) is 25.1. The molecule has 0 saturated carbocycles. The van der Waals surface area contributed by atoms with Gasteiger partial charge in [-0.2, -0.15) is 0 Å². The smallest absolute Gasteiger partial charge is 0.229 e. The van der Waals surface area contributed by atoms with Crippen LogP contribution in [0.3, 0.4) is 0 Å². The number of hydrogen-bond acceptors (Lipinski definition) is 21. The molecule has 4 heterocycles. The van der Waals surface area contributed by atoms with Crippen LogP contribution in [-0.2, 0) is 18.9 Å². The van der Waals surface area contributed by atoms with Crippen molar-refractivity contribution in [2.75, 3.05) is 19.8 Å². The SMILES string of the molecule is O=c1cc2oc(-c3cc(O)c(O)c(O)c3)c(O[C@@H]3O[C@H](CO)[C@@H](O)[C@H](O)[C@H]3O[C@@H]3OC[C@@H](O)[C@H](O)[C@H]3O)cc-2c(O[C@@H]2O[C@H](CO)[C@@H](O)[C@H](O)[C@H]2O)c1. The molecule has 13 N–H and O–H groups in total.